The van der Waals surface area contributed by atoms with Crippen LogP contribution in [-0.2, 0) is 11.3 Å². The number of hydrogen-bond acceptors (Lipinski definition) is 4. The van der Waals surface area contributed by atoms with Crippen molar-refractivity contribution in [1.29, 1.82) is 0 Å². The van der Waals surface area contributed by atoms with E-state index in [0.29, 0.717) is 28.7 Å². The van der Waals surface area contributed by atoms with Crippen LogP contribution in [-0.4, -0.2) is 20.2 Å². The van der Waals surface area contributed by atoms with Gasteiger partial charge < -0.3 is 14.2 Å². The minimum Gasteiger partial charge on any atom is -0.493 e. The summed E-state index contributed by atoms with van der Waals surface area (Å²) >= 11 is 6.08. The van der Waals surface area contributed by atoms with Crippen molar-refractivity contribution in [2.45, 2.75) is 6.61 Å². The molecular formula is C16H15ClO4. The molecule has 0 aliphatic rings. The highest BCUT2D eigenvalue weighted by Gasteiger charge is 2.11. The zero-order valence-electron chi connectivity index (χ0n) is 11.8. The number of halogens is 1. The van der Waals surface area contributed by atoms with Crippen molar-refractivity contribution in [2.24, 2.45) is 0 Å². The van der Waals surface area contributed by atoms with Gasteiger partial charge in [-0.3, -0.25) is 0 Å². The second-order valence-corrected chi connectivity index (χ2v) is 4.64. The van der Waals surface area contributed by atoms with Gasteiger partial charge in [-0.1, -0.05) is 29.8 Å². The van der Waals surface area contributed by atoms with Gasteiger partial charge in [-0.15, -0.1) is 0 Å². The van der Waals surface area contributed by atoms with Crippen LogP contribution >= 0.6 is 11.6 Å². The van der Waals surface area contributed by atoms with Gasteiger partial charge >= 0.3 is 5.97 Å². The summed E-state index contributed by atoms with van der Waals surface area (Å²) in [7, 11) is 2.84. The number of esters is 1. The van der Waals surface area contributed by atoms with Gasteiger partial charge in [0.25, 0.3) is 0 Å². The molecule has 0 saturated heterocycles. The fourth-order valence-corrected chi connectivity index (χ4v) is 1.99. The second-order valence-electron chi connectivity index (χ2n) is 4.24. The molecule has 0 fully saturated rings. The van der Waals surface area contributed by atoms with Gasteiger partial charge in [0.1, 0.15) is 6.61 Å². The monoisotopic (exact) mass is 306 g/mol. The summed E-state index contributed by atoms with van der Waals surface area (Å²) in [4.78, 5) is 11.5. The number of hydrogen-bond donors (Lipinski definition) is 0. The molecule has 110 valence electrons. The zero-order valence-corrected chi connectivity index (χ0v) is 12.5. The number of benzene rings is 2. The third-order valence-electron chi connectivity index (χ3n) is 2.93. The second kappa shape index (κ2) is 6.99. The molecule has 2 rings (SSSR count). The molecule has 0 aliphatic heterocycles. The third-order valence-corrected chi connectivity index (χ3v) is 3.29. The average molecular weight is 307 g/mol. The normalized spacial score (nSPS) is 10.0. The van der Waals surface area contributed by atoms with E-state index in [-0.39, 0.29) is 0 Å². The molecule has 0 unspecified atom stereocenters. The summed E-state index contributed by atoms with van der Waals surface area (Å²) in [6, 6.07) is 12.3. The third kappa shape index (κ3) is 3.67. The summed E-state index contributed by atoms with van der Waals surface area (Å²) in [5.41, 5.74) is 1.28. The quantitative estimate of drug-likeness (QED) is 0.790. The van der Waals surface area contributed by atoms with Gasteiger partial charge in [0.05, 0.1) is 19.8 Å². The van der Waals surface area contributed by atoms with Crippen molar-refractivity contribution in [2.75, 3.05) is 14.2 Å². The molecule has 0 spiro atoms. The highest BCUT2D eigenvalue weighted by atomic mass is 35.5. The largest absolute Gasteiger partial charge is 0.493 e. The lowest BCUT2D eigenvalue weighted by Gasteiger charge is -2.12. The molecule has 2 aromatic carbocycles. The average Bonchev–Trinajstić information content (AvgIpc) is 2.53. The molecule has 0 atom stereocenters. The minimum absolute atomic E-state index is 0.313. The zero-order chi connectivity index (χ0) is 15.2. The molecule has 2 aromatic rings. The SMILES string of the molecule is COC(=O)c1ccc(OCc2ccccc2Cl)c(OC)c1. The lowest BCUT2D eigenvalue weighted by molar-refractivity contribution is 0.0600. The van der Waals surface area contributed by atoms with Gasteiger partial charge in [0.2, 0.25) is 0 Å². The number of rotatable bonds is 5. The lowest BCUT2D eigenvalue weighted by atomic mass is 10.2. The summed E-state index contributed by atoms with van der Waals surface area (Å²) in [5, 5.41) is 0.641. The van der Waals surface area contributed by atoms with Gasteiger partial charge in [0.15, 0.2) is 11.5 Å². The highest BCUT2D eigenvalue weighted by molar-refractivity contribution is 6.31. The lowest BCUT2D eigenvalue weighted by Crippen LogP contribution is -2.03. The first-order valence-corrected chi connectivity index (χ1v) is 6.66. The van der Waals surface area contributed by atoms with Crippen LogP contribution in [0, 0.1) is 0 Å². The first kappa shape index (κ1) is 15.2. The molecular weight excluding hydrogens is 292 g/mol. The summed E-state index contributed by atoms with van der Waals surface area (Å²) in [6.07, 6.45) is 0. The van der Waals surface area contributed by atoms with Gasteiger partial charge in [-0.05, 0) is 24.3 Å². The van der Waals surface area contributed by atoms with Crippen molar-refractivity contribution < 1.29 is 19.0 Å². The topological polar surface area (TPSA) is 44.8 Å². The van der Waals surface area contributed by atoms with Crippen LogP contribution in [0.3, 0.4) is 0 Å². The van der Waals surface area contributed by atoms with Crippen LogP contribution in [0.25, 0.3) is 0 Å². The molecule has 0 saturated carbocycles. The van der Waals surface area contributed by atoms with E-state index in [9.17, 15) is 4.79 Å². The van der Waals surface area contributed by atoms with E-state index < -0.39 is 5.97 Å². The summed E-state index contributed by atoms with van der Waals surface area (Å²) < 4.78 is 15.6. The summed E-state index contributed by atoms with van der Waals surface area (Å²) in [6.45, 7) is 0.313. The Labute approximate surface area is 128 Å². The Hall–Kier alpha value is -2.20. The highest BCUT2D eigenvalue weighted by Crippen LogP contribution is 2.29. The van der Waals surface area contributed by atoms with E-state index >= 15 is 0 Å². The standard InChI is InChI=1S/C16H15ClO4/c1-19-15-9-11(16(18)20-2)7-8-14(15)21-10-12-5-3-4-6-13(12)17/h3-9H,10H2,1-2H3. The fourth-order valence-electron chi connectivity index (χ4n) is 1.80. The van der Waals surface area contributed by atoms with Crippen molar-refractivity contribution in [3.8, 4) is 11.5 Å². The van der Waals surface area contributed by atoms with E-state index in [1.54, 1.807) is 24.3 Å². The fraction of sp³-hybridized carbons (Fsp3) is 0.188. The minimum atomic E-state index is -0.425. The molecule has 0 aliphatic carbocycles. The van der Waals surface area contributed by atoms with E-state index in [1.807, 2.05) is 18.2 Å². The maximum absolute atomic E-state index is 11.5. The smallest absolute Gasteiger partial charge is 0.337 e. The molecule has 21 heavy (non-hydrogen) atoms. The maximum atomic E-state index is 11.5. The number of ether oxygens (including phenoxy) is 3. The van der Waals surface area contributed by atoms with Gasteiger partial charge in [0, 0.05) is 10.6 Å². The Morgan fingerprint density at radius 2 is 1.86 bits per heavy atom. The van der Waals surface area contributed by atoms with E-state index in [2.05, 4.69) is 4.74 Å². The first-order chi connectivity index (χ1) is 10.2. The predicted molar refractivity (Wildman–Crippen MR) is 80.1 cm³/mol. The number of carbonyl (C=O) groups is 1. The van der Waals surface area contributed by atoms with E-state index in [4.69, 9.17) is 21.1 Å². The molecule has 0 N–H and O–H groups in total. The van der Waals surface area contributed by atoms with E-state index in [1.165, 1.54) is 14.2 Å². The van der Waals surface area contributed by atoms with Gasteiger partial charge in [-0.2, -0.15) is 0 Å². The van der Waals surface area contributed by atoms with Crippen LogP contribution in [0.15, 0.2) is 42.5 Å². The van der Waals surface area contributed by atoms with Crippen LogP contribution < -0.4 is 9.47 Å². The molecule has 0 radical (unpaired) electrons. The van der Waals surface area contributed by atoms with Crippen molar-refractivity contribution in [1.82, 2.24) is 0 Å². The van der Waals surface area contributed by atoms with Crippen molar-refractivity contribution in [3.63, 3.8) is 0 Å². The molecule has 0 aromatic heterocycles. The Morgan fingerprint density at radius 1 is 1.10 bits per heavy atom. The number of methoxy groups -OCH3 is 2. The van der Waals surface area contributed by atoms with Crippen molar-refractivity contribution >= 4 is 17.6 Å². The van der Waals surface area contributed by atoms with Crippen LogP contribution in [0.2, 0.25) is 5.02 Å². The van der Waals surface area contributed by atoms with Crippen LogP contribution in [0.5, 0.6) is 11.5 Å². The Bertz CT molecular complexity index is 640. The van der Waals surface area contributed by atoms with Crippen LogP contribution in [0.1, 0.15) is 15.9 Å². The molecule has 0 amide bonds. The first-order valence-electron chi connectivity index (χ1n) is 6.28. The van der Waals surface area contributed by atoms with E-state index in [0.717, 1.165) is 5.56 Å². The van der Waals surface area contributed by atoms with Crippen LogP contribution in [0.4, 0.5) is 0 Å². The molecule has 0 bridgehead atoms. The van der Waals surface area contributed by atoms with Gasteiger partial charge in [-0.25, -0.2) is 4.79 Å². The Kier molecular flexibility index (Phi) is 5.06. The predicted octanol–water partition coefficient (Wildman–Crippen LogP) is 3.71. The summed E-state index contributed by atoms with van der Waals surface area (Å²) in [5.74, 6) is 0.570. The Morgan fingerprint density at radius 3 is 2.52 bits per heavy atom. The maximum Gasteiger partial charge on any atom is 0.337 e. The van der Waals surface area contributed by atoms with Crippen molar-refractivity contribution in [3.05, 3.63) is 58.6 Å². The molecule has 0 heterocycles. The number of carbonyl (C=O) groups excluding carboxylic acids is 1. The Balaban J connectivity index is 2.17. The molecule has 5 heteroatoms. The molecule has 4 nitrogen and oxygen atoms in total.